The Morgan fingerprint density at radius 2 is 1.94 bits per heavy atom. The minimum Gasteiger partial charge on any atom is -0.310 e. The smallest absolute Gasteiger partial charge is 0.0929 e. The second-order valence-electron chi connectivity index (χ2n) is 5.52. The van der Waals surface area contributed by atoms with Gasteiger partial charge in [-0.05, 0) is 6.42 Å². The first-order chi connectivity index (χ1) is 7.34. The molecule has 0 spiro atoms. The molecule has 0 saturated carbocycles. The normalized spacial score (nSPS) is 12.4. The molecule has 2 nitrogen and oxygen atoms in total. The molecule has 0 bridgehead atoms. The van der Waals surface area contributed by atoms with Crippen LogP contribution in [0.1, 0.15) is 57.1 Å². The summed E-state index contributed by atoms with van der Waals surface area (Å²) in [7, 11) is 0. The van der Waals surface area contributed by atoms with E-state index in [9.17, 15) is 0 Å². The summed E-state index contributed by atoms with van der Waals surface area (Å²) in [5.74, 6) is 0. The molecule has 1 aromatic heterocycles. The predicted molar refractivity (Wildman–Crippen MR) is 72.2 cm³/mol. The second-order valence-corrected chi connectivity index (χ2v) is 6.69. The van der Waals surface area contributed by atoms with Crippen molar-refractivity contribution in [2.75, 3.05) is 0 Å². The molecule has 3 heteroatoms. The average molecular weight is 240 g/mol. The van der Waals surface area contributed by atoms with Crippen molar-refractivity contribution in [2.24, 2.45) is 0 Å². The molecule has 16 heavy (non-hydrogen) atoms. The van der Waals surface area contributed by atoms with Crippen LogP contribution in [0.4, 0.5) is 0 Å². The third kappa shape index (κ3) is 3.56. The van der Waals surface area contributed by atoms with Crippen molar-refractivity contribution in [2.45, 2.75) is 66.0 Å². The highest BCUT2D eigenvalue weighted by Gasteiger charge is 2.22. The fourth-order valence-electron chi connectivity index (χ4n) is 1.55. The molecule has 0 saturated heterocycles. The van der Waals surface area contributed by atoms with E-state index in [0.717, 1.165) is 13.0 Å². The van der Waals surface area contributed by atoms with Crippen LogP contribution in [0.3, 0.4) is 0 Å². The van der Waals surface area contributed by atoms with E-state index in [1.165, 1.54) is 15.6 Å². The number of hydrogen-bond acceptors (Lipinski definition) is 3. The highest BCUT2D eigenvalue weighted by Crippen LogP contribution is 2.29. The molecule has 1 heterocycles. The Labute approximate surface area is 103 Å². The van der Waals surface area contributed by atoms with Crippen LogP contribution in [-0.2, 0) is 18.4 Å². The van der Waals surface area contributed by atoms with E-state index < -0.39 is 0 Å². The lowest BCUT2D eigenvalue weighted by molar-refractivity contribution is 0.545. The zero-order chi connectivity index (χ0) is 12.3. The summed E-state index contributed by atoms with van der Waals surface area (Å²) in [6.45, 7) is 14.2. The number of aromatic nitrogens is 1. The molecule has 0 atom stereocenters. The summed E-state index contributed by atoms with van der Waals surface area (Å²) in [6.07, 6.45) is 1.04. The molecule has 0 aliphatic carbocycles. The number of nitrogens with one attached hydrogen (secondary N) is 1. The van der Waals surface area contributed by atoms with Gasteiger partial charge in [0.1, 0.15) is 0 Å². The van der Waals surface area contributed by atoms with Gasteiger partial charge >= 0.3 is 0 Å². The molecule has 0 amide bonds. The van der Waals surface area contributed by atoms with Gasteiger partial charge in [0.25, 0.3) is 0 Å². The van der Waals surface area contributed by atoms with Crippen molar-refractivity contribution < 1.29 is 0 Å². The summed E-state index contributed by atoms with van der Waals surface area (Å²) in [5.41, 5.74) is 1.42. The van der Waals surface area contributed by atoms with Crippen molar-refractivity contribution in [1.82, 2.24) is 10.3 Å². The number of nitrogens with zero attached hydrogens (tertiary/aromatic N) is 1. The maximum absolute atomic E-state index is 4.76. The highest BCUT2D eigenvalue weighted by molar-refractivity contribution is 7.11. The number of rotatable bonds is 4. The van der Waals surface area contributed by atoms with Crippen LogP contribution in [0, 0.1) is 0 Å². The maximum Gasteiger partial charge on any atom is 0.0929 e. The Morgan fingerprint density at radius 1 is 1.31 bits per heavy atom. The first-order valence-corrected chi connectivity index (χ1v) is 6.88. The number of hydrogen-bond donors (Lipinski definition) is 1. The quantitative estimate of drug-likeness (QED) is 0.871. The fraction of sp³-hybridized carbons (Fsp3) is 0.769. The molecule has 1 aromatic rings. The van der Waals surface area contributed by atoms with E-state index in [1.807, 2.05) is 11.3 Å². The van der Waals surface area contributed by atoms with Gasteiger partial charge in [0.15, 0.2) is 0 Å². The van der Waals surface area contributed by atoms with Crippen molar-refractivity contribution >= 4 is 11.3 Å². The Kier molecular flexibility index (Phi) is 4.51. The van der Waals surface area contributed by atoms with Crippen LogP contribution >= 0.6 is 11.3 Å². The lowest BCUT2D eigenvalue weighted by Crippen LogP contribution is -2.23. The van der Waals surface area contributed by atoms with Crippen LogP contribution in [0.2, 0.25) is 0 Å². The molecule has 0 unspecified atom stereocenters. The van der Waals surface area contributed by atoms with Gasteiger partial charge < -0.3 is 5.32 Å². The minimum absolute atomic E-state index is 0.151. The molecule has 0 aliphatic heterocycles. The number of aryl methyl sites for hydroxylation is 1. The standard InChI is InChI=1S/C13H24N2S/c1-7-11-15-12(13(4,5)6)10(16-11)8-14-9(2)3/h9,14H,7-8H2,1-6H3. The largest absolute Gasteiger partial charge is 0.310 e. The number of thiazole rings is 1. The molecule has 0 fully saturated rings. The zero-order valence-corrected chi connectivity index (χ0v) is 12.2. The third-order valence-corrected chi connectivity index (χ3v) is 3.63. The van der Waals surface area contributed by atoms with Crippen molar-refractivity contribution in [3.63, 3.8) is 0 Å². The lowest BCUT2D eigenvalue weighted by Gasteiger charge is -2.18. The summed E-state index contributed by atoms with van der Waals surface area (Å²) in [5, 5.41) is 4.74. The van der Waals surface area contributed by atoms with Crippen molar-refractivity contribution in [1.29, 1.82) is 0 Å². The highest BCUT2D eigenvalue weighted by atomic mass is 32.1. The van der Waals surface area contributed by atoms with Crippen LogP contribution in [0.5, 0.6) is 0 Å². The zero-order valence-electron chi connectivity index (χ0n) is 11.3. The van der Waals surface area contributed by atoms with Crippen LogP contribution in [0.25, 0.3) is 0 Å². The molecule has 0 radical (unpaired) electrons. The van der Waals surface area contributed by atoms with Gasteiger partial charge in [0.05, 0.1) is 10.7 Å². The minimum atomic E-state index is 0.151. The van der Waals surface area contributed by atoms with Crippen LogP contribution in [0.15, 0.2) is 0 Å². The van der Waals surface area contributed by atoms with Gasteiger partial charge in [0, 0.05) is 22.9 Å². The molecule has 0 aromatic carbocycles. The van der Waals surface area contributed by atoms with Crippen LogP contribution in [-0.4, -0.2) is 11.0 Å². The molecular formula is C13H24N2S. The summed E-state index contributed by atoms with van der Waals surface area (Å²) < 4.78 is 0. The summed E-state index contributed by atoms with van der Waals surface area (Å²) in [4.78, 5) is 6.16. The van der Waals surface area contributed by atoms with Gasteiger partial charge in [-0.1, -0.05) is 41.5 Å². The Balaban J connectivity index is 2.92. The first-order valence-electron chi connectivity index (χ1n) is 6.07. The topological polar surface area (TPSA) is 24.9 Å². The van der Waals surface area contributed by atoms with E-state index in [4.69, 9.17) is 4.98 Å². The molecule has 1 N–H and O–H groups in total. The Bertz CT molecular complexity index is 334. The van der Waals surface area contributed by atoms with Gasteiger partial charge in [0.2, 0.25) is 0 Å². The van der Waals surface area contributed by atoms with E-state index in [1.54, 1.807) is 0 Å². The van der Waals surface area contributed by atoms with E-state index in [2.05, 4.69) is 46.9 Å². The van der Waals surface area contributed by atoms with E-state index in [-0.39, 0.29) is 5.41 Å². The van der Waals surface area contributed by atoms with E-state index >= 15 is 0 Å². The van der Waals surface area contributed by atoms with Crippen LogP contribution < -0.4 is 5.32 Å². The molecular weight excluding hydrogens is 216 g/mol. The summed E-state index contributed by atoms with van der Waals surface area (Å²) in [6, 6.07) is 0.528. The molecule has 92 valence electrons. The first kappa shape index (κ1) is 13.7. The molecule has 1 rings (SSSR count). The predicted octanol–water partition coefficient (Wildman–Crippen LogP) is 3.50. The van der Waals surface area contributed by atoms with Gasteiger partial charge in [-0.2, -0.15) is 0 Å². The second kappa shape index (κ2) is 5.28. The van der Waals surface area contributed by atoms with Gasteiger partial charge in [-0.25, -0.2) is 4.98 Å². The Morgan fingerprint density at radius 3 is 2.38 bits per heavy atom. The fourth-order valence-corrected chi connectivity index (χ4v) is 2.72. The van der Waals surface area contributed by atoms with Gasteiger partial charge in [-0.15, -0.1) is 11.3 Å². The monoisotopic (exact) mass is 240 g/mol. The average Bonchev–Trinajstić information content (AvgIpc) is 2.57. The maximum atomic E-state index is 4.76. The Hall–Kier alpha value is -0.410. The van der Waals surface area contributed by atoms with E-state index in [0.29, 0.717) is 6.04 Å². The molecule has 0 aliphatic rings. The SMILES string of the molecule is CCc1nc(C(C)(C)C)c(CNC(C)C)s1. The summed E-state index contributed by atoms with van der Waals surface area (Å²) >= 11 is 1.85. The third-order valence-electron chi connectivity index (χ3n) is 2.43. The van der Waals surface area contributed by atoms with Crippen molar-refractivity contribution in [3.8, 4) is 0 Å². The van der Waals surface area contributed by atoms with Gasteiger partial charge in [-0.3, -0.25) is 0 Å². The lowest BCUT2D eigenvalue weighted by atomic mass is 9.91. The van der Waals surface area contributed by atoms with Crippen molar-refractivity contribution in [3.05, 3.63) is 15.6 Å².